The van der Waals surface area contributed by atoms with Crippen LogP contribution in [0.3, 0.4) is 0 Å². The maximum absolute atomic E-state index is 13.2. The Morgan fingerprint density at radius 2 is 1.80 bits per heavy atom. The third kappa shape index (κ3) is 3.77. The summed E-state index contributed by atoms with van der Waals surface area (Å²) in [6.45, 7) is 0. The van der Waals surface area contributed by atoms with Crippen LogP contribution in [-0.2, 0) is 16.2 Å². The molecule has 0 aromatic heterocycles. The maximum atomic E-state index is 13.2. The second kappa shape index (κ2) is 6.22. The molecule has 3 rings (SSSR count). The van der Waals surface area contributed by atoms with E-state index in [1.807, 2.05) is 0 Å². The van der Waals surface area contributed by atoms with Gasteiger partial charge in [0.1, 0.15) is 0 Å². The van der Waals surface area contributed by atoms with E-state index in [1.54, 1.807) is 0 Å². The number of alkyl halides is 3. The first-order valence-corrected chi connectivity index (χ1v) is 9.18. The first kappa shape index (κ1) is 18.1. The molecule has 2 unspecified atom stereocenters. The van der Waals surface area contributed by atoms with Gasteiger partial charge in [0.25, 0.3) is 5.69 Å². The van der Waals surface area contributed by atoms with Gasteiger partial charge in [0.05, 0.1) is 15.4 Å². The second-order valence-electron chi connectivity index (χ2n) is 6.36. The fourth-order valence-electron chi connectivity index (χ4n) is 3.52. The number of hydrogen-bond acceptors (Lipinski definition) is 5. The summed E-state index contributed by atoms with van der Waals surface area (Å²) in [5.74, 6) is 0. The summed E-state index contributed by atoms with van der Waals surface area (Å²) in [6.07, 6.45) is -2.19. The molecular formula is C14H16F3N3O4S. The number of piperidine rings is 1. The number of fused-ring (bicyclic) bond motifs is 2. The van der Waals surface area contributed by atoms with Crippen molar-refractivity contribution in [3.05, 3.63) is 33.9 Å². The van der Waals surface area contributed by atoms with Crippen LogP contribution in [0.4, 0.5) is 18.9 Å². The Bertz CT molecular complexity index is 785. The highest BCUT2D eigenvalue weighted by Crippen LogP contribution is 2.37. The molecule has 2 bridgehead atoms. The number of sulfonamides is 1. The van der Waals surface area contributed by atoms with Crippen molar-refractivity contribution >= 4 is 15.7 Å². The summed E-state index contributed by atoms with van der Waals surface area (Å²) < 4.78 is 66.9. The summed E-state index contributed by atoms with van der Waals surface area (Å²) in [7, 11) is -4.46. The molecule has 0 spiro atoms. The maximum Gasteiger partial charge on any atom is 0.417 e. The predicted molar refractivity (Wildman–Crippen MR) is 81.4 cm³/mol. The van der Waals surface area contributed by atoms with Crippen molar-refractivity contribution in [1.29, 1.82) is 0 Å². The lowest BCUT2D eigenvalue weighted by atomic mass is 10.0. The first-order chi connectivity index (χ1) is 11.6. The zero-order valence-electron chi connectivity index (χ0n) is 12.9. The summed E-state index contributed by atoms with van der Waals surface area (Å²) in [4.78, 5) is 8.72. The SMILES string of the molecule is O=[N+]([O-])c1ccc(S(=O)(=O)NC2CC3CCC(C2)N3)c(C(F)(F)F)c1. The lowest BCUT2D eigenvalue weighted by molar-refractivity contribution is -0.385. The van der Waals surface area contributed by atoms with Gasteiger partial charge >= 0.3 is 6.18 Å². The average molecular weight is 379 g/mol. The quantitative estimate of drug-likeness (QED) is 0.617. The Labute approximate surface area is 141 Å². The zero-order valence-corrected chi connectivity index (χ0v) is 13.7. The first-order valence-electron chi connectivity index (χ1n) is 7.70. The summed E-state index contributed by atoms with van der Waals surface area (Å²) in [5, 5.41) is 14.0. The summed E-state index contributed by atoms with van der Waals surface area (Å²) in [5.41, 5.74) is -2.35. The molecule has 0 amide bonds. The van der Waals surface area contributed by atoms with Gasteiger partial charge in [-0.3, -0.25) is 10.1 Å². The highest BCUT2D eigenvalue weighted by atomic mass is 32.2. The molecule has 2 heterocycles. The minimum absolute atomic E-state index is 0.158. The Hall–Kier alpha value is -1.72. The van der Waals surface area contributed by atoms with Crippen LogP contribution < -0.4 is 10.0 Å². The molecule has 0 aliphatic carbocycles. The molecule has 0 radical (unpaired) electrons. The minimum Gasteiger partial charge on any atom is -0.311 e. The van der Waals surface area contributed by atoms with E-state index in [2.05, 4.69) is 10.0 Å². The largest absolute Gasteiger partial charge is 0.417 e. The van der Waals surface area contributed by atoms with Gasteiger partial charge in [-0.25, -0.2) is 13.1 Å². The molecule has 7 nitrogen and oxygen atoms in total. The van der Waals surface area contributed by atoms with Crippen LogP contribution in [0.5, 0.6) is 0 Å². The van der Waals surface area contributed by atoms with Crippen LogP contribution in [0.25, 0.3) is 0 Å². The molecule has 2 saturated heterocycles. The topological polar surface area (TPSA) is 101 Å². The minimum atomic E-state index is -5.02. The number of nitro groups is 1. The molecule has 138 valence electrons. The van der Waals surface area contributed by atoms with Crippen molar-refractivity contribution in [3.63, 3.8) is 0 Å². The molecule has 25 heavy (non-hydrogen) atoms. The van der Waals surface area contributed by atoms with Crippen molar-refractivity contribution in [1.82, 2.24) is 10.0 Å². The Kier molecular flexibility index (Phi) is 4.50. The fraction of sp³-hybridized carbons (Fsp3) is 0.571. The standard InChI is InChI=1S/C14H16F3N3O4S/c15-14(16,17)12-7-11(20(21)22)3-4-13(12)25(23,24)19-10-5-8-1-2-9(6-10)18-8/h3-4,7-10,18-19H,1-2,5-6H2. The molecule has 1 aromatic rings. The molecular weight excluding hydrogens is 363 g/mol. The van der Waals surface area contributed by atoms with E-state index in [0.29, 0.717) is 18.9 Å². The van der Waals surface area contributed by atoms with Crippen LogP contribution in [0.2, 0.25) is 0 Å². The number of nitrogens with one attached hydrogen (secondary N) is 2. The lowest BCUT2D eigenvalue weighted by Gasteiger charge is -2.29. The van der Waals surface area contributed by atoms with Crippen molar-refractivity contribution < 1.29 is 26.5 Å². The van der Waals surface area contributed by atoms with Gasteiger partial charge in [-0.1, -0.05) is 0 Å². The predicted octanol–water partition coefficient (Wildman–Crippen LogP) is 2.17. The van der Waals surface area contributed by atoms with E-state index in [9.17, 15) is 31.7 Å². The van der Waals surface area contributed by atoms with Gasteiger partial charge < -0.3 is 5.32 Å². The van der Waals surface area contributed by atoms with Crippen LogP contribution in [0.1, 0.15) is 31.2 Å². The van der Waals surface area contributed by atoms with Gasteiger partial charge in [-0.05, 0) is 31.7 Å². The van der Waals surface area contributed by atoms with Crippen LogP contribution in [0.15, 0.2) is 23.1 Å². The molecule has 1 aromatic carbocycles. The highest BCUT2D eigenvalue weighted by molar-refractivity contribution is 7.89. The molecule has 0 saturated carbocycles. The van der Waals surface area contributed by atoms with Crippen molar-refractivity contribution in [2.75, 3.05) is 0 Å². The third-order valence-corrected chi connectivity index (χ3v) is 6.14. The smallest absolute Gasteiger partial charge is 0.311 e. The van der Waals surface area contributed by atoms with Crippen molar-refractivity contribution in [2.24, 2.45) is 0 Å². The molecule has 11 heteroatoms. The van der Waals surface area contributed by atoms with E-state index in [1.165, 1.54) is 0 Å². The number of nitrogens with zero attached hydrogens (tertiary/aromatic N) is 1. The monoisotopic (exact) mass is 379 g/mol. The number of nitro benzene ring substituents is 1. The van der Waals surface area contributed by atoms with Gasteiger partial charge in [0, 0.05) is 30.3 Å². The zero-order chi connectivity index (χ0) is 18.4. The summed E-state index contributed by atoms with van der Waals surface area (Å²) >= 11 is 0. The van der Waals surface area contributed by atoms with Crippen molar-refractivity contribution in [2.45, 2.75) is 54.9 Å². The molecule has 2 aliphatic rings. The van der Waals surface area contributed by atoms with E-state index in [0.717, 1.165) is 18.9 Å². The second-order valence-corrected chi connectivity index (χ2v) is 8.05. The third-order valence-electron chi connectivity index (χ3n) is 4.56. The van der Waals surface area contributed by atoms with Gasteiger partial charge in [-0.2, -0.15) is 13.2 Å². The van der Waals surface area contributed by atoms with E-state index < -0.39 is 43.3 Å². The van der Waals surface area contributed by atoms with Crippen LogP contribution in [0, 0.1) is 10.1 Å². The number of halogens is 3. The Morgan fingerprint density at radius 1 is 1.20 bits per heavy atom. The number of non-ortho nitro benzene ring substituents is 1. The van der Waals surface area contributed by atoms with Gasteiger partial charge in [0.2, 0.25) is 10.0 Å². The van der Waals surface area contributed by atoms with Gasteiger partial charge in [-0.15, -0.1) is 0 Å². The van der Waals surface area contributed by atoms with E-state index in [4.69, 9.17) is 0 Å². The number of benzene rings is 1. The molecule has 2 N–H and O–H groups in total. The fourth-order valence-corrected chi connectivity index (χ4v) is 4.99. The van der Waals surface area contributed by atoms with Gasteiger partial charge in [0.15, 0.2) is 0 Å². The van der Waals surface area contributed by atoms with Crippen LogP contribution in [-0.4, -0.2) is 31.5 Å². The number of rotatable bonds is 4. The molecule has 2 aliphatic heterocycles. The normalized spacial score (nSPS) is 26.6. The van der Waals surface area contributed by atoms with E-state index >= 15 is 0 Å². The summed E-state index contributed by atoms with van der Waals surface area (Å²) in [6, 6.07) is 1.51. The lowest BCUT2D eigenvalue weighted by Crippen LogP contribution is -2.48. The van der Waals surface area contributed by atoms with Crippen molar-refractivity contribution in [3.8, 4) is 0 Å². The highest BCUT2D eigenvalue weighted by Gasteiger charge is 2.41. The Morgan fingerprint density at radius 3 is 2.32 bits per heavy atom. The average Bonchev–Trinajstić information content (AvgIpc) is 2.84. The Balaban J connectivity index is 1.92. The van der Waals surface area contributed by atoms with E-state index in [-0.39, 0.29) is 18.2 Å². The number of hydrogen-bond donors (Lipinski definition) is 2. The molecule has 2 fully saturated rings. The van der Waals surface area contributed by atoms with Crippen LogP contribution >= 0.6 is 0 Å². The molecule has 2 atom stereocenters.